The van der Waals surface area contributed by atoms with Gasteiger partial charge in [-0.2, -0.15) is 18.4 Å². The molecule has 0 atom stereocenters. The zero-order valence-electron chi connectivity index (χ0n) is 17.3. The van der Waals surface area contributed by atoms with Crippen LogP contribution in [0.1, 0.15) is 40.0 Å². The Morgan fingerprint density at radius 3 is 2.52 bits per heavy atom. The largest absolute Gasteiger partial charge is 0.477 e. The summed E-state index contributed by atoms with van der Waals surface area (Å²) in [7, 11) is 0. The number of carbonyl (C=O) groups is 1. The summed E-state index contributed by atoms with van der Waals surface area (Å²) >= 11 is 0. The summed E-state index contributed by atoms with van der Waals surface area (Å²) in [6.45, 7) is 1.27. The van der Waals surface area contributed by atoms with Crippen molar-refractivity contribution in [2.24, 2.45) is 0 Å². The van der Waals surface area contributed by atoms with E-state index in [1.54, 1.807) is 18.2 Å². The quantitative estimate of drug-likeness (QED) is 0.646. The van der Waals surface area contributed by atoms with Crippen molar-refractivity contribution < 1.29 is 23.1 Å². The number of carboxylic acid groups (broad SMARTS) is 1. The number of pyridine rings is 3. The second kappa shape index (κ2) is 8.33. The smallest absolute Gasteiger partial charge is 0.417 e. The SMILES string of the molecule is N#CC1(c2ccc(C(F)(F)F)cn2)CCN(Cc2cc(C(=O)O)c(=O)n3ccccc23)CC1. The lowest BCUT2D eigenvalue weighted by Gasteiger charge is -2.37. The van der Waals surface area contributed by atoms with Crippen molar-refractivity contribution in [2.75, 3.05) is 13.1 Å². The Hall–Kier alpha value is -3.71. The molecule has 3 aromatic rings. The first-order valence-electron chi connectivity index (χ1n) is 10.2. The zero-order valence-corrected chi connectivity index (χ0v) is 17.3. The van der Waals surface area contributed by atoms with Gasteiger partial charge in [0.1, 0.15) is 11.0 Å². The number of fused-ring (bicyclic) bond motifs is 1. The molecule has 3 aromatic heterocycles. The van der Waals surface area contributed by atoms with Crippen LogP contribution in [0.3, 0.4) is 0 Å². The summed E-state index contributed by atoms with van der Waals surface area (Å²) in [5, 5.41) is 19.2. The van der Waals surface area contributed by atoms with Gasteiger partial charge in [-0.05, 0) is 48.7 Å². The predicted octanol–water partition coefficient (Wildman–Crippen LogP) is 3.47. The van der Waals surface area contributed by atoms with Gasteiger partial charge in [-0.25, -0.2) is 4.79 Å². The van der Waals surface area contributed by atoms with E-state index in [1.165, 1.54) is 22.7 Å². The Morgan fingerprint density at radius 1 is 1.21 bits per heavy atom. The third-order valence-electron chi connectivity index (χ3n) is 6.09. The fourth-order valence-corrected chi connectivity index (χ4v) is 4.21. The molecule has 0 aliphatic carbocycles. The average molecular weight is 456 g/mol. The van der Waals surface area contributed by atoms with Crippen LogP contribution in [0.15, 0.2) is 53.6 Å². The predicted molar refractivity (Wildman–Crippen MR) is 112 cm³/mol. The van der Waals surface area contributed by atoms with Crippen LogP contribution in [0.25, 0.3) is 5.52 Å². The van der Waals surface area contributed by atoms with Crippen molar-refractivity contribution in [3.8, 4) is 6.07 Å². The number of hydrogen-bond donors (Lipinski definition) is 1. The summed E-state index contributed by atoms with van der Waals surface area (Å²) in [5.74, 6) is -1.31. The highest BCUT2D eigenvalue weighted by Gasteiger charge is 2.39. The molecule has 1 aliphatic heterocycles. The number of carboxylic acids is 1. The second-order valence-corrected chi connectivity index (χ2v) is 8.05. The number of aromatic nitrogens is 2. The van der Waals surface area contributed by atoms with Crippen molar-refractivity contribution in [3.63, 3.8) is 0 Å². The number of aromatic carboxylic acids is 1. The molecule has 1 aliphatic rings. The van der Waals surface area contributed by atoms with E-state index < -0.39 is 28.7 Å². The summed E-state index contributed by atoms with van der Waals surface area (Å²) in [6, 6.07) is 11.0. The molecule has 170 valence electrons. The Bertz CT molecular complexity index is 1300. The Balaban J connectivity index is 1.57. The molecule has 0 bridgehead atoms. The average Bonchev–Trinajstić information content (AvgIpc) is 2.81. The zero-order chi connectivity index (χ0) is 23.8. The number of piperidine rings is 1. The van der Waals surface area contributed by atoms with E-state index in [0.717, 1.165) is 12.3 Å². The molecule has 7 nitrogen and oxygen atoms in total. The monoisotopic (exact) mass is 456 g/mol. The van der Waals surface area contributed by atoms with Crippen LogP contribution in [0, 0.1) is 11.3 Å². The van der Waals surface area contributed by atoms with Crippen LogP contribution in [0.5, 0.6) is 0 Å². The Morgan fingerprint density at radius 2 is 1.94 bits per heavy atom. The van der Waals surface area contributed by atoms with Crippen molar-refractivity contribution in [1.29, 1.82) is 5.26 Å². The van der Waals surface area contributed by atoms with Crippen LogP contribution < -0.4 is 5.56 Å². The van der Waals surface area contributed by atoms with E-state index in [1.807, 2.05) is 4.90 Å². The van der Waals surface area contributed by atoms with Gasteiger partial charge in [0.15, 0.2) is 0 Å². The number of alkyl halides is 3. The number of halogens is 3. The molecule has 4 heterocycles. The van der Waals surface area contributed by atoms with Gasteiger partial charge < -0.3 is 5.11 Å². The van der Waals surface area contributed by atoms with Crippen molar-refractivity contribution >= 4 is 11.5 Å². The lowest BCUT2D eigenvalue weighted by atomic mass is 9.76. The highest BCUT2D eigenvalue weighted by atomic mass is 19.4. The highest BCUT2D eigenvalue weighted by molar-refractivity contribution is 5.88. The fourth-order valence-electron chi connectivity index (χ4n) is 4.21. The summed E-state index contributed by atoms with van der Waals surface area (Å²) in [5.41, 5.74) is -1.25. The van der Waals surface area contributed by atoms with Gasteiger partial charge in [0.05, 0.1) is 22.8 Å². The molecule has 10 heteroatoms. The number of nitrogens with zero attached hydrogens (tertiary/aromatic N) is 4. The standard InChI is InChI=1S/C23H19F3N4O3/c24-23(25,26)16-4-5-19(28-12-16)22(14-27)6-9-29(10-7-22)13-15-11-17(21(32)33)20(31)30-8-2-1-3-18(15)30/h1-5,8,11-12H,6-7,9-10,13H2,(H,32,33). The molecule has 33 heavy (non-hydrogen) atoms. The maximum Gasteiger partial charge on any atom is 0.417 e. The number of nitriles is 1. The maximum absolute atomic E-state index is 12.8. The van der Waals surface area contributed by atoms with Crippen LogP contribution >= 0.6 is 0 Å². The molecule has 1 saturated heterocycles. The minimum atomic E-state index is -4.50. The molecule has 0 spiro atoms. The van der Waals surface area contributed by atoms with E-state index >= 15 is 0 Å². The Labute approximate surface area is 186 Å². The van der Waals surface area contributed by atoms with Crippen molar-refractivity contribution in [1.82, 2.24) is 14.3 Å². The summed E-state index contributed by atoms with van der Waals surface area (Å²) in [6.07, 6.45) is -1.51. The fraction of sp³-hybridized carbons (Fsp3) is 0.304. The molecule has 1 fully saturated rings. The van der Waals surface area contributed by atoms with E-state index in [0.29, 0.717) is 49.2 Å². The minimum Gasteiger partial charge on any atom is -0.477 e. The number of rotatable bonds is 4. The van der Waals surface area contributed by atoms with Gasteiger partial charge in [-0.3, -0.25) is 19.1 Å². The second-order valence-electron chi connectivity index (χ2n) is 8.05. The number of hydrogen-bond acceptors (Lipinski definition) is 5. The van der Waals surface area contributed by atoms with E-state index in [9.17, 15) is 33.1 Å². The number of likely N-dealkylation sites (tertiary alicyclic amines) is 1. The van der Waals surface area contributed by atoms with Gasteiger partial charge in [-0.1, -0.05) is 6.07 Å². The topological polar surface area (TPSA) is 98.7 Å². The van der Waals surface area contributed by atoms with E-state index in [2.05, 4.69) is 11.1 Å². The first-order chi connectivity index (χ1) is 15.6. The van der Waals surface area contributed by atoms with Gasteiger partial charge >= 0.3 is 12.1 Å². The summed E-state index contributed by atoms with van der Waals surface area (Å²) < 4.78 is 39.8. The Kier molecular flexibility index (Phi) is 5.68. The van der Waals surface area contributed by atoms with Gasteiger partial charge in [0.2, 0.25) is 0 Å². The van der Waals surface area contributed by atoms with E-state index in [-0.39, 0.29) is 5.56 Å². The molecule has 0 aromatic carbocycles. The lowest BCUT2D eigenvalue weighted by Crippen LogP contribution is -2.42. The summed E-state index contributed by atoms with van der Waals surface area (Å²) in [4.78, 5) is 29.9. The van der Waals surface area contributed by atoms with Crippen molar-refractivity contribution in [3.05, 3.63) is 81.5 Å². The normalized spacial score (nSPS) is 16.4. The molecule has 0 unspecified atom stereocenters. The third-order valence-corrected chi connectivity index (χ3v) is 6.09. The van der Waals surface area contributed by atoms with Gasteiger partial charge in [-0.15, -0.1) is 0 Å². The molecular formula is C23H19F3N4O3. The first kappa shape index (κ1) is 22.5. The lowest BCUT2D eigenvalue weighted by molar-refractivity contribution is -0.137. The highest BCUT2D eigenvalue weighted by Crippen LogP contribution is 2.36. The van der Waals surface area contributed by atoms with Gasteiger partial charge in [0.25, 0.3) is 5.56 Å². The molecule has 0 radical (unpaired) electrons. The van der Waals surface area contributed by atoms with Crippen LogP contribution in [-0.2, 0) is 18.1 Å². The molecule has 1 N–H and O–H groups in total. The molecule has 4 rings (SSSR count). The van der Waals surface area contributed by atoms with Crippen LogP contribution in [0.4, 0.5) is 13.2 Å². The van der Waals surface area contributed by atoms with Crippen LogP contribution in [-0.4, -0.2) is 38.4 Å². The maximum atomic E-state index is 12.8. The van der Waals surface area contributed by atoms with Gasteiger partial charge in [0, 0.05) is 32.0 Å². The molecule has 0 amide bonds. The third kappa shape index (κ3) is 4.19. The van der Waals surface area contributed by atoms with E-state index in [4.69, 9.17) is 0 Å². The van der Waals surface area contributed by atoms with Crippen LogP contribution in [0.2, 0.25) is 0 Å². The molecule has 0 saturated carbocycles. The van der Waals surface area contributed by atoms with Crippen molar-refractivity contribution in [2.45, 2.75) is 31.0 Å². The minimum absolute atomic E-state index is 0.308. The molecular weight excluding hydrogens is 437 g/mol. The first-order valence-corrected chi connectivity index (χ1v) is 10.2.